The van der Waals surface area contributed by atoms with Crippen LogP contribution in [0.25, 0.3) is 0 Å². The van der Waals surface area contributed by atoms with E-state index in [0.29, 0.717) is 23.2 Å². The maximum Gasteiger partial charge on any atom is 0.182 e. The Morgan fingerprint density at radius 2 is 1.82 bits per heavy atom. The fourth-order valence-electron chi connectivity index (χ4n) is 8.68. The molecule has 4 aliphatic carbocycles. The van der Waals surface area contributed by atoms with E-state index in [1.54, 1.807) is 38.3 Å². The Bertz CT molecular complexity index is 1310. The zero-order valence-electron chi connectivity index (χ0n) is 20.1. The summed E-state index contributed by atoms with van der Waals surface area (Å²) >= 11 is 0. The van der Waals surface area contributed by atoms with Crippen LogP contribution in [0.2, 0.25) is 0 Å². The number of allylic oxidation sites excluding steroid dienone is 2. The van der Waals surface area contributed by atoms with Gasteiger partial charge >= 0.3 is 0 Å². The van der Waals surface area contributed by atoms with E-state index in [0.717, 1.165) is 31.4 Å². The molecule has 0 radical (unpaired) electrons. The molecule has 0 saturated heterocycles. The number of hydrogen-bond donors (Lipinski definition) is 0. The number of carbonyl (C=O) groups excluding carboxylic acids is 1. The van der Waals surface area contributed by atoms with Gasteiger partial charge in [0.15, 0.2) is 9.84 Å². The molecule has 2 bridgehead atoms. The van der Waals surface area contributed by atoms with E-state index in [4.69, 9.17) is 4.74 Å². The van der Waals surface area contributed by atoms with Crippen molar-refractivity contribution in [3.8, 4) is 5.75 Å². The molecule has 4 aliphatic rings. The minimum absolute atomic E-state index is 0.00507. The zero-order valence-corrected chi connectivity index (χ0v) is 20.9. The molecule has 0 spiro atoms. The molecule has 178 valence electrons. The second kappa shape index (κ2) is 7.07. The lowest BCUT2D eigenvalue weighted by molar-refractivity contribution is -0.133. The number of carbonyl (C=O) groups is 1. The second-order valence-corrected chi connectivity index (χ2v) is 13.2. The topological polar surface area (TPSA) is 60.4 Å². The number of sulfone groups is 1. The number of methoxy groups -OCH3 is 1. The van der Waals surface area contributed by atoms with Crippen molar-refractivity contribution in [2.75, 3.05) is 7.11 Å². The van der Waals surface area contributed by atoms with Gasteiger partial charge in [-0.15, -0.1) is 0 Å². The quantitative estimate of drug-likeness (QED) is 0.545. The summed E-state index contributed by atoms with van der Waals surface area (Å²) in [5.41, 5.74) is 1.10. The van der Waals surface area contributed by atoms with E-state index in [1.807, 2.05) is 18.2 Å². The number of ketones is 1. The molecule has 34 heavy (non-hydrogen) atoms. The minimum atomic E-state index is -3.67. The van der Waals surface area contributed by atoms with Crippen molar-refractivity contribution in [1.82, 2.24) is 0 Å². The van der Waals surface area contributed by atoms with Gasteiger partial charge < -0.3 is 4.74 Å². The van der Waals surface area contributed by atoms with E-state index in [-0.39, 0.29) is 16.6 Å². The summed E-state index contributed by atoms with van der Waals surface area (Å²) in [5, 5.41) is -0.717. The minimum Gasteiger partial charge on any atom is -0.497 e. The van der Waals surface area contributed by atoms with Gasteiger partial charge in [-0.2, -0.15) is 0 Å². The number of hydrogen-bond acceptors (Lipinski definition) is 4. The summed E-state index contributed by atoms with van der Waals surface area (Å²) in [4.78, 5) is 13.8. The summed E-state index contributed by atoms with van der Waals surface area (Å²) in [5.74, 6) is 1.60. The van der Waals surface area contributed by atoms with Crippen LogP contribution in [0.3, 0.4) is 0 Å². The summed E-state index contributed by atoms with van der Waals surface area (Å²) in [7, 11) is -1.97. The van der Waals surface area contributed by atoms with E-state index in [2.05, 4.69) is 25.1 Å². The third-order valence-electron chi connectivity index (χ3n) is 10.2. The van der Waals surface area contributed by atoms with Gasteiger partial charge in [0.2, 0.25) is 0 Å². The number of Topliss-reactive ketones (excluding diaryl/α,β-unsaturated/α-hetero) is 1. The average molecular weight is 477 g/mol. The van der Waals surface area contributed by atoms with E-state index < -0.39 is 20.5 Å². The molecule has 2 aromatic carbocycles. The van der Waals surface area contributed by atoms with Crippen LogP contribution in [0.15, 0.2) is 65.6 Å². The Hall–Kier alpha value is -2.40. The molecule has 0 N–H and O–H groups in total. The summed E-state index contributed by atoms with van der Waals surface area (Å²) < 4.78 is 33.6. The second-order valence-electron chi connectivity index (χ2n) is 11.0. The van der Waals surface area contributed by atoms with Crippen molar-refractivity contribution >= 4 is 15.6 Å². The number of benzene rings is 2. The van der Waals surface area contributed by atoms with Crippen molar-refractivity contribution in [3.63, 3.8) is 0 Å². The lowest BCUT2D eigenvalue weighted by atomic mass is 9.46. The number of aryl methyl sites for hydroxylation is 1. The fourth-order valence-corrected chi connectivity index (χ4v) is 11.0. The Morgan fingerprint density at radius 3 is 2.53 bits per heavy atom. The molecule has 6 rings (SSSR count). The Balaban J connectivity index is 1.49. The molecule has 0 amide bonds. The van der Waals surface area contributed by atoms with Crippen molar-refractivity contribution in [2.24, 2.45) is 22.2 Å². The molecule has 6 atom stereocenters. The fraction of sp³-hybridized carbons (Fsp3) is 0.483. The molecule has 0 heterocycles. The first-order valence-electron chi connectivity index (χ1n) is 12.4. The van der Waals surface area contributed by atoms with Crippen LogP contribution in [0.1, 0.15) is 56.6 Å². The maximum atomic E-state index is 14.0. The van der Waals surface area contributed by atoms with Gasteiger partial charge in [-0.05, 0) is 97.1 Å². The highest BCUT2D eigenvalue weighted by molar-refractivity contribution is 7.92. The first-order chi connectivity index (χ1) is 16.2. The van der Waals surface area contributed by atoms with Crippen molar-refractivity contribution in [3.05, 3.63) is 71.8 Å². The van der Waals surface area contributed by atoms with Crippen LogP contribution < -0.4 is 4.74 Å². The molecule has 0 aliphatic heterocycles. The highest BCUT2D eigenvalue weighted by Crippen LogP contribution is 2.79. The SMILES string of the molecule is COc1ccc2c(c1)CC[C@@H]1[C@@H]2CC[C@@]2(C)C13C=C[C@]2(C(C)=O)[C@H](S(=O)(=O)c1ccccc1)C3. The number of rotatable bonds is 4. The normalized spacial score (nSPS) is 37.6. The molecule has 2 saturated carbocycles. The van der Waals surface area contributed by atoms with Gasteiger partial charge in [0, 0.05) is 0 Å². The standard InChI is InChI=1S/C29H32O4S/c1-19(30)29-16-15-28(18-26(29)34(31,32)22-7-5-4-6-8-22)25-12-9-20-17-21(33-3)10-11-23(20)24(25)13-14-27(28,29)2/h4-8,10-11,15-17,24-26H,9,12-14,18H2,1-3H3/t24-,25-,26-,27+,28?,29+/m1/s1. The number of ether oxygens (including phenoxy) is 1. The van der Waals surface area contributed by atoms with Crippen LogP contribution in [0.4, 0.5) is 0 Å². The molecule has 0 aromatic heterocycles. The molecule has 2 aromatic rings. The van der Waals surface area contributed by atoms with Gasteiger partial charge in [-0.1, -0.05) is 43.3 Å². The first kappa shape index (κ1) is 22.1. The van der Waals surface area contributed by atoms with Crippen LogP contribution in [0.5, 0.6) is 5.75 Å². The van der Waals surface area contributed by atoms with Crippen molar-refractivity contribution in [2.45, 2.75) is 62.0 Å². The van der Waals surface area contributed by atoms with Crippen molar-refractivity contribution < 1.29 is 17.9 Å². The highest BCUT2D eigenvalue weighted by atomic mass is 32.2. The van der Waals surface area contributed by atoms with Crippen LogP contribution >= 0.6 is 0 Å². The van der Waals surface area contributed by atoms with Gasteiger partial charge in [-0.25, -0.2) is 8.42 Å². The lowest BCUT2D eigenvalue weighted by Gasteiger charge is -2.57. The summed E-state index contributed by atoms with van der Waals surface area (Å²) in [6, 6.07) is 15.2. The lowest BCUT2D eigenvalue weighted by Crippen LogP contribution is -2.53. The molecule has 4 nitrogen and oxygen atoms in total. The average Bonchev–Trinajstić information content (AvgIpc) is 3.27. The Morgan fingerprint density at radius 1 is 1.06 bits per heavy atom. The largest absolute Gasteiger partial charge is 0.497 e. The Labute approximate surface area is 202 Å². The van der Waals surface area contributed by atoms with Crippen LogP contribution in [-0.4, -0.2) is 26.6 Å². The Kier molecular flexibility index (Phi) is 4.59. The predicted molar refractivity (Wildman–Crippen MR) is 132 cm³/mol. The highest BCUT2D eigenvalue weighted by Gasteiger charge is 2.78. The zero-order chi connectivity index (χ0) is 23.9. The van der Waals surface area contributed by atoms with Crippen molar-refractivity contribution in [1.29, 1.82) is 0 Å². The predicted octanol–water partition coefficient (Wildman–Crippen LogP) is 5.52. The maximum absolute atomic E-state index is 14.0. The molecule has 5 heteroatoms. The number of fused-ring (bicyclic) bond motifs is 3. The first-order valence-corrected chi connectivity index (χ1v) is 13.9. The summed E-state index contributed by atoms with van der Waals surface area (Å²) in [6.45, 7) is 3.83. The molecular formula is C29H32O4S. The van der Waals surface area contributed by atoms with E-state index in [1.165, 1.54) is 11.1 Å². The monoisotopic (exact) mass is 476 g/mol. The molecule has 2 fully saturated rings. The molecular weight excluding hydrogens is 444 g/mol. The van der Waals surface area contributed by atoms with Gasteiger partial charge in [0.1, 0.15) is 11.5 Å². The smallest absolute Gasteiger partial charge is 0.182 e. The van der Waals surface area contributed by atoms with Gasteiger partial charge in [0.05, 0.1) is 22.7 Å². The molecule has 1 unspecified atom stereocenters. The van der Waals surface area contributed by atoms with Crippen LogP contribution in [-0.2, 0) is 21.1 Å². The van der Waals surface area contributed by atoms with E-state index in [9.17, 15) is 13.2 Å². The van der Waals surface area contributed by atoms with Crippen LogP contribution in [0, 0.1) is 22.2 Å². The third kappa shape index (κ3) is 2.44. The van der Waals surface area contributed by atoms with Gasteiger partial charge in [0.25, 0.3) is 0 Å². The third-order valence-corrected chi connectivity index (χ3v) is 12.4. The van der Waals surface area contributed by atoms with E-state index >= 15 is 0 Å². The van der Waals surface area contributed by atoms with Gasteiger partial charge in [-0.3, -0.25) is 4.79 Å². The summed E-state index contributed by atoms with van der Waals surface area (Å²) in [6.07, 6.45) is 8.64.